The maximum atomic E-state index is 11.7. The van der Waals surface area contributed by atoms with E-state index in [0.717, 1.165) is 0 Å². The van der Waals surface area contributed by atoms with Crippen LogP contribution in [0.3, 0.4) is 0 Å². The van der Waals surface area contributed by atoms with Crippen molar-refractivity contribution in [2.45, 2.75) is 25.8 Å². The summed E-state index contributed by atoms with van der Waals surface area (Å²) in [5.41, 5.74) is 0. The molecule has 0 aliphatic heterocycles. The summed E-state index contributed by atoms with van der Waals surface area (Å²) >= 11 is 0. The lowest BCUT2D eigenvalue weighted by Gasteiger charge is -2.12. The van der Waals surface area contributed by atoms with E-state index < -0.39 is 12.3 Å². The van der Waals surface area contributed by atoms with Crippen molar-refractivity contribution in [3.05, 3.63) is 0 Å². The Morgan fingerprint density at radius 1 is 1.58 bits per heavy atom. The predicted octanol–water partition coefficient (Wildman–Crippen LogP) is 0.793. The van der Waals surface area contributed by atoms with Gasteiger partial charge in [0.2, 0.25) is 0 Å². The SMILES string of the molecule is COCCC(C)NC(=O)C(F)F. The monoisotopic (exact) mass is 181 g/mol. The Labute approximate surface area is 70.1 Å². The van der Waals surface area contributed by atoms with Gasteiger partial charge in [0, 0.05) is 19.8 Å². The van der Waals surface area contributed by atoms with Crippen LogP contribution in [0, 0.1) is 0 Å². The van der Waals surface area contributed by atoms with Crippen molar-refractivity contribution in [3.63, 3.8) is 0 Å². The molecule has 0 bridgehead atoms. The molecule has 3 nitrogen and oxygen atoms in total. The summed E-state index contributed by atoms with van der Waals surface area (Å²) in [4.78, 5) is 10.4. The van der Waals surface area contributed by atoms with Crippen molar-refractivity contribution in [1.29, 1.82) is 0 Å². The van der Waals surface area contributed by atoms with E-state index >= 15 is 0 Å². The fraction of sp³-hybridized carbons (Fsp3) is 0.857. The quantitative estimate of drug-likeness (QED) is 0.681. The lowest BCUT2D eigenvalue weighted by molar-refractivity contribution is -0.132. The Bertz CT molecular complexity index is 141. The molecule has 0 aromatic carbocycles. The molecule has 72 valence electrons. The molecule has 0 spiro atoms. The molecule has 0 aromatic rings. The van der Waals surface area contributed by atoms with Crippen LogP contribution >= 0.6 is 0 Å². The van der Waals surface area contributed by atoms with Crippen LogP contribution in [-0.4, -0.2) is 32.1 Å². The first kappa shape index (κ1) is 11.3. The third-order valence-corrected chi connectivity index (χ3v) is 1.34. The highest BCUT2D eigenvalue weighted by Gasteiger charge is 2.16. The highest BCUT2D eigenvalue weighted by molar-refractivity contribution is 5.79. The average molecular weight is 181 g/mol. The summed E-state index contributed by atoms with van der Waals surface area (Å²) in [6, 6.07) is -0.272. The molecule has 0 aromatic heterocycles. The van der Waals surface area contributed by atoms with Crippen molar-refractivity contribution < 1.29 is 18.3 Å². The van der Waals surface area contributed by atoms with Crippen LogP contribution in [-0.2, 0) is 9.53 Å². The Hall–Kier alpha value is -0.710. The maximum absolute atomic E-state index is 11.7. The molecule has 1 unspecified atom stereocenters. The summed E-state index contributed by atoms with van der Waals surface area (Å²) < 4.78 is 28.1. The molecular weight excluding hydrogens is 168 g/mol. The smallest absolute Gasteiger partial charge is 0.315 e. The molecule has 12 heavy (non-hydrogen) atoms. The summed E-state index contributed by atoms with van der Waals surface area (Å²) in [5.74, 6) is -1.22. The minimum Gasteiger partial charge on any atom is -0.385 e. The molecule has 0 saturated heterocycles. The van der Waals surface area contributed by atoms with Gasteiger partial charge in [0.15, 0.2) is 0 Å². The number of halogens is 2. The zero-order valence-electron chi connectivity index (χ0n) is 7.14. The van der Waals surface area contributed by atoms with E-state index in [1.165, 1.54) is 7.11 Å². The third-order valence-electron chi connectivity index (χ3n) is 1.34. The number of carbonyl (C=O) groups is 1. The lowest BCUT2D eigenvalue weighted by atomic mass is 10.2. The van der Waals surface area contributed by atoms with Gasteiger partial charge in [-0.15, -0.1) is 0 Å². The second-order valence-corrected chi connectivity index (χ2v) is 2.49. The highest BCUT2D eigenvalue weighted by atomic mass is 19.3. The summed E-state index contributed by atoms with van der Waals surface area (Å²) in [6.45, 7) is 2.10. The van der Waals surface area contributed by atoms with E-state index in [0.29, 0.717) is 13.0 Å². The van der Waals surface area contributed by atoms with Gasteiger partial charge in [0.1, 0.15) is 0 Å². The average Bonchev–Trinajstić information content (AvgIpc) is 2.00. The van der Waals surface area contributed by atoms with Crippen LogP contribution in [0.25, 0.3) is 0 Å². The third kappa shape index (κ3) is 5.01. The Balaban J connectivity index is 3.54. The van der Waals surface area contributed by atoms with Crippen molar-refractivity contribution in [1.82, 2.24) is 5.32 Å². The van der Waals surface area contributed by atoms with Crippen LogP contribution in [0.1, 0.15) is 13.3 Å². The number of hydrogen-bond donors (Lipinski definition) is 1. The van der Waals surface area contributed by atoms with Gasteiger partial charge in [-0.2, -0.15) is 8.78 Å². The van der Waals surface area contributed by atoms with Gasteiger partial charge in [-0.25, -0.2) is 0 Å². The number of nitrogens with one attached hydrogen (secondary N) is 1. The standard InChI is InChI=1S/C7H13F2NO2/c1-5(3-4-12-2)10-7(11)6(8)9/h5-6H,3-4H2,1-2H3,(H,10,11). The first-order chi connectivity index (χ1) is 5.57. The number of ether oxygens (including phenoxy) is 1. The first-order valence-corrected chi connectivity index (χ1v) is 3.65. The van der Waals surface area contributed by atoms with Crippen LogP contribution < -0.4 is 5.32 Å². The van der Waals surface area contributed by atoms with Gasteiger partial charge in [-0.3, -0.25) is 4.79 Å². The molecule has 1 N–H and O–H groups in total. The number of rotatable bonds is 5. The molecule has 0 rings (SSSR count). The first-order valence-electron chi connectivity index (χ1n) is 3.65. The van der Waals surface area contributed by atoms with Gasteiger partial charge < -0.3 is 10.1 Å². The van der Waals surface area contributed by atoms with E-state index in [1.807, 2.05) is 0 Å². The van der Waals surface area contributed by atoms with Crippen LogP contribution in [0.5, 0.6) is 0 Å². The predicted molar refractivity (Wildman–Crippen MR) is 40.1 cm³/mol. The molecular formula is C7H13F2NO2. The normalized spacial score (nSPS) is 13.1. The molecule has 0 saturated carbocycles. The van der Waals surface area contributed by atoms with Crippen molar-refractivity contribution in [2.75, 3.05) is 13.7 Å². The minimum absolute atomic E-state index is 0.272. The topological polar surface area (TPSA) is 38.3 Å². The number of carbonyl (C=O) groups excluding carboxylic acids is 1. The van der Waals surface area contributed by atoms with Gasteiger partial charge >= 0.3 is 6.43 Å². The molecule has 5 heteroatoms. The van der Waals surface area contributed by atoms with E-state index in [-0.39, 0.29) is 6.04 Å². The Morgan fingerprint density at radius 2 is 2.17 bits per heavy atom. The van der Waals surface area contributed by atoms with Crippen LogP contribution in [0.4, 0.5) is 8.78 Å². The van der Waals surface area contributed by atoms with Crippen molar-refractivity contribution in [3.8, 4) is 0 Å². The van der Waals surface area contributed by atoms with Crippen LogP contribution in [0.15, 0.2) is 0 Å². The zero-order chi connectivity index (χ0) is 9.56. The van der Waals surface area contributed by atoms with E-state index in [2.05, 4.69) is 5.32 Å². The van der Waals surface area contributed by atoms with Gasteiger partial charge in [-0.1, -0.05) is 0 Å². The summed E-state index contributed by atoms with van der Waals surface area (Å²) in [5, 5.41) is 2.15. The fourth-order valence-electron chi connectivity index (χ4n) is 0.673. The molecule has 0 fully saturated rings. The zero-order valence-corrected chi connectivity index (χ0v) is 7.14. The summed E-state index contributed by atoms with van der Waals surface area (Å²) in [7, 11) is 1.52. The maximum Gasteiger partial charge on any atom is 0.315 e. The number of methoxy groups -OCH3 is 1. The number of alkyl halides is 2. The highest BCUT2D eigenvalue weighted by Crippen LogP contribution is 1.95. The van der Waals surface area contributed by atoms with Gasteiger partial charge in [-0.05, 0) is 13.3 Å². The van der Waals surface area contributed by atoms with Crippen molar-refractivity contribution in [2.24, 2.45) is 0 Å². The van der Waals surface area contributed by atoms with Crippen molar-refractivity contribution >= 4 is 5.91 Å². The fourth-order valence-corrected chi connectivity index (χ4v) is 0.673. The molecule has 0 aliphatic carbocycles. The molecule has 0 heterocycles. The lowest BCUT2D eigenvalue weighted by Crippen LogP contribution is -2.37. The molecule has 0 radical (unpaired) electrons. The van der Waals surface area contributed by atoms with E-state index in [9.17, 15) is 13.6 Å². The Kier molecular flexibility index (Phi) is 5.53. The number of hydrogen-bond acceptors (Lipinski definition) is 2. The second kappa shape index (κ2) is 5.88. The molecule has 0 aliphatic rings. The molecule has 1 amide bonds. The minimum atomic E-state index is -2.94. The van der Waals surface area contributed by atoms with E-state index in [4.69, 9.17) is 4.74 Å². The largest absolute Gasteiger partial charge is 0.385 e. The van der Waals surface area contributed by atoms with Crippen LogP contribution in [0.2, 0.25) is 0 Å². The van der Waals surface area contributed by atoms with Gasteiger partial charge in [0.25, 0.3) is 5.91 Å². The molecule has 1 atom stereocenters. The second-order valence-electron chi connectivity index (χ2n) is 2.49. The summed E-state index contributed by atoms with van der Waals surface area (Å²) in [6.07, 6.45) is -2.40. The van der Waals surface area contributed by atoms with Gasteiger partial charge in [0.05, 0.1) is 0 Å². The number of amides is 1. The van der Waals surface area contributed by atoms with E-state index in [1.54, 1.807) is 6.92 Å². The Morgan fingerprint density at radius 3 is 2.58 bits per heavy atom.